The quantitative estimate of drug-likeness (QED) is 0.452. The average Bonchev–Trinajstić information content (AvgIpc) is 1.83. The van der Waals surface area contributed by atoms with Gasteiger partial charge in [0.25, 0.3) is 0 Å². The molecular weight excluding hydrogens is 180 g/mol. The van der Waals surface area contributed by atoms with Crippen LogP contribution in [0.1, 0.15) is 6.92 Å². The fourth-order valence-corrected chi connectivity index (χ4v) is 1.11. The third-order valence-corrected chi connectivity index (χ3v) is 1.83. The van der Waals surface area contributed by atoms with E-state index in [1.165, 1.54) is 0 Å². The molecule has 0 radical (unpaired) electrons. The lowest BCUT2D eigenvalue weighted by atomic mass is 10.4. The predicted octanol–water partition coefficient (Wildman–Crippen LogP) is -1.49. The molecule has 0 aliphatic heterocycles. The molecule has 0 bridgehead atoms. The Hall–Kier alpha value is -0.170. The van der Waals surface area contributed by atoms with Crippen LogP contribution in [0.4, 0.5) is 0 Å². The van der Waals surface area contributed by atoms with Crippen LogP contribution >= 0.6 is 0 Å². The molecule has 0 saturated heterocycles. The Morgan fingerprint density at radius 1 is 1.42 bits per heavy atom. The highest BCUT2D eigenvalue weighted by molar-refractivity contribution is 7.88. The van der Waals surface area contributed by atoms with E-state index in [1.54, 1.807) is 6.92 Å². The fourth-order valence-electron chi connectivity index (χ4n) is 0.636. The van der Waals surface area contributed by atoms with Gasteiger partial charge in [-0.3, -0.25) is 0 Å². The molecule has 0 aliphatic rings. The van der Waals surface area contributed by atoms with E-state index in [4.69, 9.17) is 5.11 Å². The summed E-state index contributed by atoms with van der Waals surface area (Å²) in [4.78, 5) is 0. The Bertz CT molecular complexity index is 201. The molecular formula is C6H16N2O3S. The van der Waals surface area contributed by atoms with Gasteiger partial charge in [-0.1, -0.05) is 0 Å². The smallest absolute Gasteiger partial charge is 0.208 e. The van der Waals surface area contributed by atoms with Gasteiger partial charge in [0.1, 0.15) is 0 Å². The summed E-state index contributed by atoms with van der Waals surface area (Å²) in [5, 5.41) is 11.7. The first kappa shape index (κ1) is 11.8. The summed E-state index contributed by atoms with van der Waals surface area (Å²) in [6.45, 7) is 3.02. The molecule has 74 valence electrons. The maximum Gasteiger partial charge on any atom is 0.208 e. The number of hydrogen-bond donors (Lipinski definition) is 3. The second-order valence-corrected chi connectivity index (χ2v) is 4.55. The van der Waals surface area contributed by atoms with Gasteiger partial charge in [-0.05, 0) is 6.92 Å². The topological polar surface area (TPSA) is 78.4 Å². The highest BCUT2D eigenvalue weighted by Gasteiger charge is 1.98. The van der Waals surface area contributed by atoms with Crippen LogP contribution in [0, 0.1) is 0 Å². The van der Waals surface area contributed by atoms with E-state index in [0.29, 0.717) is 19.6 Å². The minimum absolute atomic E-state index is 0.353. The summed E-state index contributed by atoms with van der Waals surface area (Å²) in [5.74, 6) is 0. The lowest BCUT2D eigenvalue weighted by molar-refractivity contribution is 0.192. The molecule has 0 fully saturated rings. The number of aliphatic hydroxyl groups is 1. The zero-order valence-electron chi connectivity index (χ0n) is 7.37. The van der Waals surface area contributed by atoms with Gasteiger partial charge in [0.05, 0.1) is 12.4 Å². The maximum atomic E-state index is 10.5. The Morgan fingerprint density at radius 2 is 2.00 bits per heavy atom. The van der Waals surface area contributed by atoms with Gasteiger partial charge in [0, 0.05) is 19.6 Å². The Morgan fingerprint density at radius 3 is 2.42 bits per heavy atom. The fraction of sp³-hybridized carbons (Fsp3) is 1.00. The van der Waals surface area contributed by atoms with E-state index in [9.17, 15) is 8.42 Å². The van der Waals surface area contributed by atoms with Crippen molar-refractivity contribution in [2.75, 3.05) is 25.9 Å². The third kappa shape index (κ3) is 9.83. The molecule has 0 aromatic heterocycles. The molecule has 6 heteroatoms. The van der Waals surface area contributed by atoms with E-state index < -0.39 is 16.1 Å². The van der Waals surface area contributed by atoms with Crippen LogP contribution in [0.15, 0.2) is 0 Å². The third-order valence-electron chi connectivity index (χ3n) is 1.11. The summed E-state index contributed by atoms with van der Waals surface area (Å²) in [7, 11) is -3.08. The van der Waals surface area contributed by atoms with E-state index in [0.717, 1.165) is 6.26 Å². The maximum absolute atomic E-state index is 10.5. The standard InChI is InChI=1S/C6H16N2O3S/c1-6(9)5-7-3-4-8-12(2,10)11/h6-9H,3-5H2,1-2H3/t6-/m1/s1. The molecule has 0 unspecified atom stereocenters. The number of rotatable bonds is 6. The Balaban J connectivity index is 3.23. The summed E-state index contributed by atoms with van der Waals surface area (Å²) in [6, 6.07) is 0. The molecule has 1 atom stereocenters. The second-order valence-electron chi connectivity index (χ2n) is 2.72. The van der Waals surface area contributed by atoms with Crippen LogP contribution in [-0.2, 0) is 10.0 Å². The van der Waals surface area contributed by atoms with Crippen LogP contribution in [0.25, 0.3) is 0 Å². The number of aliphatic hydroxyl groups excluding tert-OH is 1. The van der Waals surface area contributed by atoms with Crippen LogP contribution in [0.5, 0.6) is 0 Å². The van der Waals surface area contributed by atoms with E-state index >= 15 is 0 Å². The normalized spacial score (nSPS) is 14.6. The van der Waals surface area contributed by atoms with Gasteiger partial charge in [-0.2, -0.15) is 0 Å². The van der Waals surface area contributed by atoms with Crippen molar-refractivity contribution in [2.24, 2.45) is 0 Å². The summed E-state index contributed by atoms with van der Waals surface area (Å²) in [6.07, 6.45) is 0.713. The van der Waals surface area contributed by atoms with Crippen molar-refractivity contribution in [3.8, 4) is 0 Å². The highest BCUT2D eigenvalue weighted by atomic mass is 32.2. The van der Waals surface area contributed by atoms with Crippen molar-refractivity contribution < 1.29 is 13.5 Å². The molecule has 0 aliphatic carbocycles. The lowest BCUT2D eigenvalue weighted by Crippen LogP contribution is -2.33. The Kier molecular flexibility index (Phi) is 5.39. The average molecular weight is 196 g/mol. The van der Waals surface area contributed by atoms with Crippen molar-refractivity contribution in [1.29, 1.82) is 0 Å². The minimum atomic E-state index is -3.08. The van der Waals surface area contributed by atoms with Gasteiger partial charge in [0.2, 0.25) is 10.0 Å². The predicted molar refractivity (Wildman–Crippen MR) is 47.4 cm³/mol. The van der Waals surface area contributed by atoms with Gasteiger partial charge in [-0.15, -0.1) is 0 Å². The SMILES string of the molecule is C[C@@H](O)CNCCNS(C)(=O)=O. The molecule has 12 heavy (non-hydrogen) atoms. The molecule has 3 N–H and O–H groups in total. The van der Waals surface area contributed by atoms with Crippen molar-refractivity contribution in [1.82, 2.24) is 10.0 Å². The van der Waals surface area contributed by atoms with Crippen LogP contribution in [0.3, 0.4) is 0 Å². The van der Waals surface area contributed by atoms with Gasteiger partial charge in [0.15, 0.2) is 0 Å². The minimum Gasteiger partial charge on any atom is -0.392 e. The highest BCUT2D eigenvalue weighted by Crippen LogP contribution is 1.74. The van der Waals surface area contributed by atoms with Crippen molar-refractivity contribution >= 4 is 10.0 Å². The molecule has 0 heterocycles. The van der Waals surface area contributed by atoms with E-state index in [1.807, 2.05) is 0 Å². The number of sulfonamides is 1. The summed E-state index contributed by atoms with van der Waals surface area (Å²) in [5.41, 5.74) is 0. The van der Waals surface area contributed by atoms with Gasteiger partial charge < -0.3 is 10.4 Å². The van der Waals surface area contributed by atoms with Crippen LogP contribution < -0.4 is 10.0 Å². The second kappa shape index (κ2) is 5.47. The number of hydrogen-bond acceptors (Lipinski definition) is 4. The largest absolute Gasteiger partial charge is 0.392 e. The summed E-state index contributed by atoms with van der Waals surface area (Å²) < 4.78 is 23.4. The zero-order valence-corrected chi connectivity index (χ0v) is 8.19. The van der Waals surface area contributed by atoms with E-state index in [-0.39, 0.29) is 0 Å². The van der Waals surface area contributed by atoms with Crippen LogP contribution in [0.2, 0.25) is 0 Å². The first-order valence-corrected chi connectivity index (χ1v) is 5.64. The molecule has 0 aromatic rings. The lowest BCUT2D eigenvalue weighted by Gasteiger charge is -2.06. The van der Waals surface area contributed by atoms with Crippen molar-refractivity contribution in [3.05, 3.63) is 0 Å². The molecule has 0 spiro atoms. The van der Waals surface area contributed by atoms with Crippen molar-refractivity contribution in [3.63, 3.8) is 0 Å². The first-order valence-electron chi connectivity index (χ1n) is 3.75. The molecule has 0 rings (SSSR count). The Labute approximate surface area is 73.2 Å². The zero-order chi connectivity index (χ0) is 9.61. The first-order chi connectivity index (χ1) is 5.42. The van der Waals surface area contributed by atoms with Crippen LogP contribution in [-0.4, -0.2) is 45.5 Å². The van der Waals surface area contributed by atoms with Gasteiger partial charge >= 0.3 is 0 Å². The molecule has 5 nitrogen and oxygen atoms in total. The molecule has 0 amide bonds. The summed E-state index contributed by atoms with van der Waals surface area (Å²) >= 11 is 0. The number of nitrogens with one attached hydrogen (secondary N) is 2. The molecule has 0 saturated carbocycles. The van der Waals surface area contributed by atoms with Crippen molar-refractivity contribution in [2.45, 2.75) is 13.0 Å². The monoisotopic (exact) mass is 196 g/mol. The molecule has 0 aromatic carbocycles. The van der Waals surface area contributed by atoms with Gasteiger partial charge in [-0.25, -0.2) is 13.1 Å². The van der Waals surface area contributed by atoms with E-state index in [2.05, 4.69) is 10.0 Å².